The Balaban J connectivity index is 1.65. The zero-order valence-electron chi connectivity index (χ0n) is 18.4. The molecule has 0 atom stereocenters. The second-order valence-electron chi connectivity index (χ2n) is 7.45. The molecule has 0 bridgehead atoms. The van der Waals surface area contributed by atoms with Crippen LogP contribution in [0.15, 0.2) is 48.0 Å². The van der Waals surface area contributed by atoms with Gasteiger partial charge in [0, 0.05) is 16.6 Å². The molecule has 4 rings (SSSR count). The van der Waals surface area contributed by atoms with Crippen molar-refractivity contribution in [3.8, 4) is 11.5 Å². The van der Waals surface area contributed by atoms with Gasteiger partial charge in [-0.3, -0.25) is 4.79 Å². The Morgan fingerprint density at radius 1 is 1.25 bits per heavy atom. The highest BCUT2D eigenvalue weighted by atomic mass is 32.1. The number of thiophene rings is 1. The van der Waals surface area contributed by atoms with Gasteiger partial charge in [-0.2, -0.15) is 5.10 Å². The van der Waals surface area contributed by atoms with Crippen LogP contribution in [-0.2, 0) is 6.54 Å². The maximum atomic E-state index is 13.3. The molecule has 1 aromatic carbocycles. The number of benzene rings is 1. The maximum Gasteiger partial charge on any atom is 0.256 e. The molecule has 3 heterocycles. The molecule has 4 aromatic rings. The van der Waals surface area contributed by atoms with Crippen LogP contribution >= 0.6 is 11.3 Å². The van der Waals surface area contributed by atoms with Gasteiger partial charge >= 0.3 is 0 Å². The molecule has 1 amide bonds. The minimum absolute atomic E-state index is 0.246. The Bertz CT molecular complexity index is 1220. The van der Waals surface area contributed by atoms with E-state index in [4.69, 9.17) is 9.47 Å². The van der Waals surface area contributed by atoms with Crippen molar-refractivity contribution >= 4 is 34.0 Å². The summed E-state index contributed by atoms with van der Waals surface area (Å²) in [6, 6.07) is 11.3. The third-order valence-corrected chi connectivity index (χ3v) is 5.92. The van der Waals surface area contributed by atoms with E-state index in [1.165, 1.54) is 4.88 Å². The molecular formula is C24H26N4O3S. The third kappa shape index (κ3) is 4.75. The van der Waals surface area contributed by atoms with Crippen LogP contribution in [0.4, 0.5) is 5.69 Å². The quantitative estimate of drug-likeness (QED) is 0.351. The second-order valence-corrected chi connectivity index (χ2v) is 8.48. The number of fused-ring (bicyclic) bond motifs is 1. The summed E-state index contributed by atoms with van der Waals surface area (Å²) in [6.07, 6.45) is 3.67. The number of carbonyl (C=O) groups is 1. The number of ether oxygens (including phenoxy) is 2. The van der Waals surface area contributed by atoms with Crippen molar-refractivity contribution < 1.29 is 14.3 Å². The van der Waals surface area contributed by atoms with Crippen LogP contribution in [0.5, 0.6) is 11.5 Å². The Morgan fingerprint density at radius 3 is 2.88 bits per heavy atom. The average molecular weight is 451 g/mol. The van der Waals surface area contributed by atoms with Crippen LogP contribution in [0, 0.1) is 6.92 Å². The number of nitrogens with one attached hydrogen (secondary N) is 1. The summed E-state index contributed by atoms with van der Waals surface area (Å²) >= 11 is 1.67. The number of methoxy groups -OCH3 is 1. The van der Waals surface area contributed by atoms with Crippen LogP contribution < -0.4 is 14.8 Å². The van der Waals surface area contributed by atoms with E-state index in [-0.39, 0.29) is 5.91 Å². The minimum Gasteiger partial charge on any atom is -0.497 e. The summed E-state index contributed by atoms with van der Waals surface area (Å²) in [5, 5.41) is 10.2. The topological polar surface area (TPSA) is 78.3 Å². The molecule has 0 saturated heterocycles. The van der Waals surface area contributed by atoms with Crippen LogP contribution in [-0.4, -0.2) is 34.4 Å². The summed E-state index contributed by atoms with van der Waals surface area (Å²) in [6.45, 7) is 5.18. The molecule has 0 spiro atoms. The van der Waals surface area contributed by atoms with Crippen LogP contribution in [0.2, 0.25) is 0 Å². The van der Waals surface area contributed by atoms with E-state index in [1.54, 1.807) is 36.8 Å². The van der Waals surface area contributed by atoms with Gasteiger partial charge in [0.05, 0.1) is 43.1 Å². The van der Waals surface area contributed by atoms with Crippen molar-refractivity contribution in [1.82, 2.24) is 14.8 Å². The fourth-order valence-electron chi connectivity index (χ4n) is 3.40. The molecule has 8 heteroatoms. The van der Waals surface area contributed by atoms with Gasteiger partial charge in [-0.05, 0) is 43.0 Å². The monoisotopic (exact) mass is 450 g/mol. The Kier molecular flexibility index (Phi) is 6.70. The molecule has 166 valence electrons. The molecule has 0 radical (unpaired) electrons. The zero-order chi connectivity index (χ0) is 22.5. The first kappa shape index (κ1) is 21.8. The zero-order valence-corrected chi connectivity index (χ0v) is 19.2. The smallest absolute Gasteiger partial charge is 0.256 e. The lowest BCUT2D eigenvalue weighted by Crippen LogP contribution is -2.14. The third-order valence-electron chi connectivity index (χ3n) is 5.06. The molecule has 0 aliphatic carbocycles. The largest absolute Gasteiger partial charge is 0.497 e. The first-order valence-corrected chi connectivity index (χ1v) is 11.4. The SMILES string of the molecule is CCCCOc1ccc(OC)cc1NC(=O)c1cc(C)nc2c1cnn2Cc1cccs1. The molecule has 7 nitrogen and oxygen atoms in total. The minimum atomic E-state index is -0.246. The number of pyridine rings is 1. The normalized spacial score (nSPS) is 11.0. The Hall–Kier alpha value is -3.39. The maximum absolute atomic E-state index is 13.3. The molecule has 0 fully saturated rings. The van der Waals surface area contributed by atoms with Crippen LogP contribution in [0.1, 0.15) is 40.7 Å². The van der Waals surface area contributed by atoms with Gasteiger partial charge in [0.25, 0.3) is 5.91 Å². The Morgan fingerprint density at radius 2 is 2.12 bits per heavy atom. The van der Waals surface area contributed by atoms with Gasteiger partial charge in [0.1, 0.15) is 11.5 Å². The summed E-state index contributed by atoms with van der Waals surface area (Å²) in [4.78, 5) is 19.1. The lowest BCUT2D eigenvalue weighted by atomic mass is 10.1. The highest BCUT2D eigenvalue weighted by Gasteiger charge is 2.18. The molecule has 0 aliphatic heterocycles. The molecule has 0 unspecified atom stereocenters. The summed E-state index contributed by atoms with van der Waals surface area (Å²) < 4.78 is 13.1. The van der Waals surface area contributed by atoms with E-state index in [0.29, 0.717) is 46.9 Å². The molecular weight excluding hydrogens is 424 g/mol. The lowest BCUT2D eigenvalue weighted by molar-refractivity contribution is 0.102. The van der Waals surface area contributed by atoms with E-state index in [0.717, 1.165) is 18.5 Å². The van der Waals surface area contributed by atoms with Gasteiger partial charge in [0.2, 0.25) is 0 Å². The van der Waals surface area contributed by atoms with Crippen molar-refractivity contribution in [2.75, 3.05) is 19.0 Å². The standard InChI is InChI=1S/C24H26N4O3S/c1-4-5-10-31-22-9-8-17(30-3)13-21(22)27-24(29)19-12-16(2)26-23-20(19)14-25-28(23)15-18-7-6-11-32-18/h6-9,11-14H,4-5,10,15H2,1-3H3,(H,27,29). The average Bonchev–Trinajstić information content (AvgIpc) is 3.45. The fourth-order valence-corrected chi connectivity index (χ4v) is 4.09. The van der Waals surface area contributed by atoms with E-state index < -0.39 is 0 Å². The van der Waals surface area contributed by atoms with Gasteiger partial charge in [-0.25, -0.2) is 9.67 Å². The number of unbranched alkanes of at least 4 members (excludes halogenated alkanes) is 1. The van der Waals surface area contributed by atoms with Crippen LogP contribution in [0.3, 0.4) is 0 Å². The molecule has 0 saturated carbocycles. The number of nitrogens with zero attached hydrogens (tertiary/aromatic N) is 3. The summed E-state index contributed by atoms with van der Waals surface area (Å²) in [5.74, 6) is 1.01. The van der Waals surface area contributed by atoms with Gasteiger partial charge in [-0.15, -0.1) is 11.3 Å². The number of carbonyl (C=O) groups excluding carboxylic acids is 1. The highest BCUT2D eigenvalue weighted by molar-refractivity contribution is 7.09. The number of anilines is 1. The predicted octanol–water partition coefficient (Wildman–Crippen LogP) is 5.29. The van der Waals surface area contributed by atoms with Gasteiger partial charge < -0.3 is 14.8 Å². The van der Waals surface area contributed by atoms with Crippen molar-refractivity contribution in [3.05, 3.63) is 64.1 Å². The molecule has 0 aliphatic rings. The van der Waals surface area contributed by atoms with Gasteiger partial charge in [-0.1, -0.05) is 19.4 Å². The van der Waals surface area contributed by atoms with Gasteiger partial charge in [0.15, 0.2) is 5.65 Å². The molecule has 32 heavy (non-hydrogen) atoms. The Labute approximate surface area is 191 Å². The van der Waals surface area contributed by atoms with Crippen LogP contribution in [0.25, 0.3) is 11.0 Å². The summed E-state index contributed by atoms with van der Waals surface area (Å²) in [7, 11) is 1.59. The number of amides is 1. The second kappa shape index (κ2) is 9.82. The van der Waals surface area contributed by atoms with E-state index in [9.17, 15) is 4.79 Å². The number of aromatic nitrogens is 3. The van der Waals surface area contributed by atoms with Crippen molar-refractivity contribution in [3.63, 3.8) is 0 Å². The fraction of sp³-hybridized carbons (Fsp3) is 0.292. The van der Waals surface area contributed by atoms with Crippen molar-refractivity contribution in [1.29, 1.82) is 0 Å². The van der Waals surface area contributed by atoms with Crippen molar-refractivity contribution in [2.45, 2.75) is 33.2 Å². The van der Waals surface area contributed by atoms with E-state index in [2.05, 4.69) is 28.4 Å². The first-order valence-electron chi connectivity index (χ1n) is 10.6. The number of hydrogen-bond acceptors (Lipinski definition) is 6. The highest BCUT2D eigenvalue weighted by Crippen LogP contribution is 2.31. The number of rotatable bonds is 9. The molecule has 3 aromatic heterocycles. The van der Waals surface area contributed by atoms with E-state index in [1.807, 2.05) is 35.2 Å². The number of hydrogen-bond donors (Lipinski definition) is 1. The molecule has 1 N–H and O–H groups in total. The lowest BCUT2D eigenvalue weighted by Gasteiger charge is -2.14. The summed E-state index contributed by atoms with van der Waals surface area (Å²) in [5.41, 5.74) is 2.53. The predicted molar refractivity (Wildman–Crippen MR) is 127 cm³/mol. The van der Waals surface area contributed by atoms with E-state index >= 15 is 0 Å². The first-order chi connectivity index (χ1) is 15.6. The number of aryl methyl sites for hydroxylation is 1. The van der Waals surface area contributed by atoms with Crippen molar-refractivity contribution in [2.24, 2.45) is 0 Å².